The van der Waals surface area contributed by atoms with Crippen molar-refractivity contribution in [2.45, 2.75) is 44.3 Å². The lowest BCUT2D eigenvalue weighted by Crippen LogP contribution is -2.37. The number of hydrogen-bond donors (Lipinski definition) is 3. The van der Waals surface area contributed by atoms with Gasteiger partial charge in [-0.25, -0.2) is 9.97 Å². The summed E-state index contributed by atoms with van der Waals surface area (Å²) in [5, 5.41) is 9.06. The molecule has 3 aromatic rings. The van der Waals surface area contributed by atoms with Gasteiger partial charge in [0.25, 0.3) is 11.1 Å². The van der Waals surface area contributed by atoms with E-state index in [9.17, 15) is 9.59 Å². The van der Waals surface area contributed by atoms with E-state index in [2.05, 4.69) is 55.2 Å². The lowest BCUT2D eigenvalue weighted by Gasteiger charge is -2.30. The molecular weight excluding hydrogens is 460 g/mol. The van der Waals surface area contributed by atoms with Crippen LogP contribution in [0.25, 0.3) is 17.2 Å². The molecular formula is C26H26N6O2S. The summed E-state index contributed by atoms with van der Waals surface area (Å²) in [6, 6.07) is 15.1. The number of nitrogens with zero attached hydrogens (tertiary/aromatic N) is 3. The Kier molecular flexibility index (Phi) is 7.15. The molecule has 178 valence electrons. The molecule has 3 N–H and O–H groups in total. The van der Waals surface area contributed by atoms with Crippen LogP contribution in [0.15, 0.2) is 66.0 Å². The van der Waals surface area contributed by atoms with Gasteiger partial charge in [0.1, 0.15) is 0 Å². The third-order valence-corrected chi connectivity index (χ3v) is 7.06. The van der Waals surface area contributed by atoms with Crippen molar-refractivity contribution in [2.75, 3.05) is 5.32 Å². The van der Waals surface area contributed by atoms with Crippen LogP contribution in [0.3, 0.4) is 0 Å². The lowest BCUT2D eigenvalue weighted by atomic mass is 9.91. The molecule has 35 heavy (non-hydrogen) atoms. The van der Waals surface area contributed by atoms with Gasteiger partial charge >= 0.3 is 0 Å². The first-order valence-corrected chi connectivity index (χ1v) is 12.5. The van der Waals surface area contributed by atoms with Gasteiger partial charge in [-0.05, 0) is 78.4 Å². The number of aromatic nitrogens is 3. The van der Waals surface area contributed by atoms with Crippen molar-refractivity contribution in [3.8, 4) is 11.1 Å². The van der Waals surface area contributed by atoms with Crippen molar-refractivity contribution in [3.05, 3.63) is 77.2 Å². The zero-order valence-electron chi connectivity index (χ0n) is 19.1. The number of rotatable bonds is 7. The van der Waals surface area contributed by atoms with E-state index in [4.69, 9.17) is 0 Å². The van der Waals surface area contributed by atoms with E-state index in [-0.39, 0.29) is 11.1 Å². The smallest absolute Gasteiger partial charge is 0.290 e. The molecule has 1 aliphatic heterocycles. The molecule has 0 unspecified atom stereocenters. The number of hydrogen-bond acceptors (Lipinski definition) is 8. The number of anilines is 1. The summed E-state index contributed by atoms with van der Waals surface area (Å²) in [5.41, 5.74) is 4.30. The van der Waals surface area contributed by atoms with Crippen LogP contribution in [0.1, 0.15) is 36.9 Å². The second-order valence-corrected chi connectivity index (χ2v) is 9.64. The standard InChI is InChI=1S/C26H26N6O2S/c33-24-23(35-26(34)32-24)15-21-11-14-28-25(31-21)30-20-7-5-19(6-8-20)29-16-18-3-1-2-4-22(18)17-9-12-27-13-10-17/h1-4,9-15,19-20,29H,5-8,16H2,(H,28,30,31)(H,32,33,34). The zero-order chi connectivity index (χ0) is 24.0. The minimum Gasteiger partial charge on any atom is -0.351 e. The van der Waals surface area contributed by atoms with E-state index in [1.807, 2.05) is 24.5 Å². The van der Waals surface area contributed by atoms with E-state index in [1.54, 1.807) is 18.3 Å². The quantitative estimate of drug-likeness (QED) is 0.422. The number of imide groups is 1. The highest BCUT2D eigenvalue weighted by atomic mass is 32.2. The molecule has 0 radical (unpaired) electrons. The predicted molar refractivity (Wildman–Crippen MR) is 137 cm³/mol. The van der Waals surface area contributed by atoms with Gasteiger partial charge < -0.3 is 10.6 Å². The molecule has 1 saturated heterocycles. The van der Waals surface area contributed by atoms with Crippen molar-refractivity contribution in [3.63, 3.8) is 0 Å². The highest BCUT2D eigenvalue weighted by Crippen LogP contribution is 2.27. The predicted octanol–water partition coefficient (Wildman–Crippen LogP) is 4.38. The number of carbonyl (C=O) groups is 2. The normalized spacial score (nSPS) is 21.2. The van der Waals surface area contributed by atoms with Crippen LogP contribution in [0.2, 0.25) is 0 Å². The van der Waals surface area contributed by atoms with Crippen LogP contribution in [0.4, 0.5) is 10.7 Å². The Balaban J connectivity index is 1.14. The summed E-state index contributed by atoms with van der Waals surface area (Å²) in [6.07, 6.45) is 11.1. The fourth-order valence-electron chi connectivity index (χ4n) is 4.44. The highest BCUT2D eigenvalue weighted by molar-refractivity contribution is 8.18. The summed E-state index contributed by atoms with van der Waals surface area (Å²) >= 11 is 0.884. The van der Waals surface area contributed by atoms with Crippen LogP contribution in [0, 0.1) is 0 Å². The van der Waals surface area contributed by atoms with Crippen LogP contribution < -0.4 is 16.0 Å². The van der Waals surface area contributed by atoms with Crippen molar-refractivity contribution < 1.29 is 9.59 Å². The Morgan fingerprint density at radius 1 is 0.971 bits per heavy atom. The fraction of sp³-hybridized carbons (Fsp3) is 0.269. The third kappa shape index (κ3) is 5.93. The minimum absolute atomic E-state index is 0.297. The maximum absolute atomic E-state index is 11.8. The maximum atomic E-state index is 11.8. The topological polar surface area (TPSA) is 109 Å². The van der Waals surface area contributed by atoms with Gasteiger partial charge in [0.05, 0.1) is 10.6 Å². The summed E-state index contributed by atoms with van der Waals surface area (Å²) < 4.78 is 0. The van der Waals surface area contributed by atoms with Crippen LogP contribution in [0.5, 0.6) is 0 Å². The highest BCUT2D eigenvalue weighted by Gasteiger charge is 2.25. The fourth-order valence-corrected chi connectivity index (χ4v) is 5.11. The Morgan fingerprint density at radius 3 is 2.51 bits per heavy atom. The number of carbonyl (C=O) groups excluding carboxylic acids is 2. The Morgan fingerprint density at radius 2 is 1.74 bits per heavy atom. The first kappa shape index (κ1) is 23.2. The van der Waals surface area contributed by atoms with Gasteiger partial charge in [0.2, 0.25) is 5.95 Å². The molecule has 0 spiro atoms. The number of nitrogens with one attached hydrogen (secondary N) is 3. The van der Waals surface area contributed by atoms with Crippen molar-refractivity contribution in [2.24, 2.45) is 0 Å². The first-order valence-electron chi connectivity index (χ1n) is 11.7. The van der Waals surface area contributed by atoms with E-state index >= 15 is 0 Å². The van der Waals surface area contributed by atoms with Gasteiger partial charge in [0, 0.05) is 37.2 Å². The molecule has 9 heteroatoms. The molecule has 2 fully saturated rings. The molecule has 2 aliphatic rings. The zero-order valence-corrected chi connectivity index (χ0v) is 19.9. The maximum Gasteiger partial charge on any atom is 0.290 e. The summed E-state index contributed by atoms with van der Waals surface area (Å²) in [5.74, 6) is 0.152. The Labute approximate surface area is 208 Å². The molecule has 1 aromatic carbocycles. The molecule has 5 rings (SSSR count). The Hall–Kier alpha value is -3.56. The molecule has 0 bridgehead atoms. The molecule has 0 atom stereocenters. The van der Waals surface area contributed by atoms with Crippen molar-refractivity contribution in [1.29, 1.82) is 0 Å². The average molecular weight is 487 g/mol. The second-order valence-electron chi connectivity index (χ2n) is 8.62. The number of amides is 2. The monoisotopic (exact) mass is 486 g/mol. The molecule has 2 aromatic heterocycles. The van der Waals surface area contributed by atoms with Crippen molar-refractivity contribution >= 4 is 34.9 Å². The SMILES string of the molecule is O=C1NC(=O)C(=Cc2ccnc(NC3CCC(NCc4ccccc4-c4ccncc4)CC3)n2)S1. The average Bonchev–Trinajstić information content (AvgIpc) is 3.20. The van der Waals surface area contributed by atoms with Crippen LogP contribution >= 0.6 is 11.8 Å². The van der Waals surface area contributed by atoms with Crippen molar-refractivity contribution in [1.82, 2.24) is 25.6 Å². The largest absolute Gasteiger partial charge is 0.351 e. The van der Waals surface area contributed by atoms with Gasteiger partial charge in [-0.2, -0.15) is 0 Å². The first-order chi connectivity index (χ1) is 17.1. The van der Waals surface area contributed by atoms with Gasteiger partial charge in [-0.1, -0.05) is 24.3 Å². The van der Waals surface area contributed by atoms with Gasteiger partial charge in [0.15, 0.2) is 0 Å². The third-order valence-electron chi connectivity index (χ3n) is 6.25. The van der Waals surface area contributed by atoms with Gasteiger partial charge in [-0.15, -0.1) is 0 Å². The van der Waals surface area contributed by atoms with E-state index in [0.717, 1.165) is 44.0 Å². The van der Waals surface area contributed by atoms with Crippen LogP contribution in [-0.2, 0) is 11.3 Å². The Bertz CT molecular complexity index is 1240. The van der Waals surface area contributed by atoms with Crippen LogP contribution in [-0.4, -0.2) is 38.2 Å². The van der Waals surface area contributed by atoms with E-state index in [1.165, 1.54) is 16.7 Å². The lowest BCUT2D eigenvalue weighted by molar-refractivity contribution is -0.115. The van der Waals surface area contributed by atoms with E-state index < -0.39 is 0 Å². The minimum atomic E-state index is -0.387. The summed E-state index contributed by atoms with van der Waals surface area (Å²) in [7, 11) is 0. The molecule has 1 saturated carbocycles. The summed E-state index contributed by atoms with van der Waals surface area (Å²) in [6.45, 7) is 0.829. The second kappa shape index (κ2) is 10.8. The summed E-state index contributed by atoms with van der Waals surface area (Å²) in [4.78, 5) is 36.4. The molecule has 1 aliphatic carbocycles. The van der Waals surface area contributed by atoms with Gasteiger partial charge in [-0.3, -0.25) is 19.9 Å². The molecule has 3 heterocycles. The number of benzene rings is 1. The molecule has 8 nitrogen and oxygen atoms in total. The number of thioether (sulfide) groups is 1. The molecule has 2 amide bonds. The number of pyridine rings is 1. The van der Waals surface area contributed by atoms with E-state index in [0.29, 0.717) is 28.6 Å².